The van der Waals surface area contributed by atoms with Crippen molar-refractivity contribution in [2.75, 3.05) is 5.32 Å². The van der Waals surface area contributed by atoms with E-state index < -0.39 is 0 Å². The van der Waals surface area contributed by atoms with E-state index in [0.717, 1.165) is 11.3 Å². The average molecular weight is 368 g/mol. The highest BCUT2D eigenvalue weighted by Crippen LogP contribution is 2.23. The molecule has 26 heavy (non-hydrogen) atoms. The Kier molecular flexibility index (Phi) is 5.43. The van der Waals surface area contributed by atoms with Gasteiger partial charge in [0.15, 0.2) is 0 Å². The van der Waals surface area contributed by atoms with Crippen LogP contribution < -0.4 is 5.32 Å². The Balaban J connectivity index is 1.79. The van der Waals surface area contributed by atoms with Gasteiger partial charge in [-0.2, -0.15) is 5.10 Å². The Morgan fingerprint density at radius 3 is 2.38 bits per heavy atom. The molecule has 0 fully saturated rings. The quantitative estimate of drug-likeness (QED) is 0.667. The van der Waals surface area contributed by atoms with E-state index in [2.05, 4.69) is 24.3 Å². The molecule has 0 aliphatic carbocycles. The number of hydrogen-bond acceptors (Lipinski definition) is 2. The van der Waals surface area contributed by atoms with Crippen LogP contribution >= 0.6 is 11.6 Å². The van der Waals surface area contributed by atoms with E-state index in [1.54, 1.807) is 11.6 Å². The normalized spacial score (nSPS) is 11.0. The molecule has 1 heterocycles. The number of anilines is 1. The van der Waals surface area contributed by atoms with Crippen molar-refractivity contribution in [3.63, 3.8) is 0 Å². The van der Waals surface area contributed by atoms with Crippen molar-refractivity contribution < 1.29 is 4.79 Å². The Bertz CT molecular complexity index is 899. The zero-order valence-electron chi connectivity index (χ0n) is 15.2. The van der Waals surface area contributed by atoms with Crippen molar-refractivity contribution >= 4 is 23.2 Å². The number of hydrogen-bond donors (Lipinski definition) is 1. The van der Waals surface area contributed by atoms with Gasteiger partial charge >= 0.3 is 0 Å². The summed E-state index contributed by atoms with van der Waals surface area (Å²) in [5, 5.41) is 7.69. The van der Waals surface area contributed by atoms with Gasteiger partial charge in [-0.15, -0.1) is 0 Å². The van der Waals surface area contributed by atoms with E-state index in [4.69, 9.17) is 11.6 Å². The van der Waals surface area contributed by atoms with E-state index >= 15 is 0 Å². The predicted octanol–water partition coefficient (Wildman–Crippen LogP) is 5.27. The molecular formula is C21H22ClN3O. The van der Waals surface area contributed by atoms with Crippen molar-refractivity contribution in [1.82, 2.24) is 9.78 Å². The molecule has 0 unspecified atom stereocenters. The van der Waals surface area contributed by atoms with Gasteiger partial charge in [-0.25, -0.2) is 4.68 Å². The van der Waals surface area contributed by atoms with E-state index in [-0.39, 0.29) is 5.91 Å². The first kappa shape index (κ1) is 18.2. The smallest absolute Gasteiger partial charge is 0.260 e. The highest BCUT2D eigenvalue weighted by molar-refractivity contribution is 6.33. The van der Waals surface area contributed by atoms with Crippen molar-refractivity contribution in [3.8, 4) is 0 Å². The van der Waals surface area contributed by atoms with Crippen LogP contribution in [0, 0.1) is 6.92 Å². The summed E-state index contributed by atoms with van der Waals surface area (Å²) in [6.45, 7) is 6.59. The zero-order chi connectivity index (χ0) is 18.7. The lowest BCUT2D eigenvalue weighted by Crippen LogP contribution is -2.13. The van der Waals surface area contributed by atoms with Gasteiger partial charge in [0.2, 0.25) is 0 Å². The lowest BCUT2D eigenvalue weighted by atomic mass is 10.0. The monoisotopic (exact) mass is 367 g/mol. The molecule has 0 radical (unpaired) electrons. The van der Waals surface area contributed by atoms with Crippen LogP contribution in [0.3, 0.4) is 0 Å². The number of carbonyl (C=O) groups excluding carboxylic acids is 1. The Morgan fingerprint density at radius 2 is 1.77 bits per heavy atom. The van der Waals surface area contributed by atoms with Crippen LogP contribution in [0.4, 0.5) is 5.69 Å². The van der Waals surface area contributed by atoms with Crippen LogP contribution in [0.15, 0.2) is 54.6 Å². The largest absolute Gasteiger partial charge is 0.322 e. The number of carbonyl (C=O) groups is 1. The van der Waals surface area contributed by atoms with Crippen molar-refractivity contribution in [2.45, 2.75) is 33.2 Å². The molecule has 0 bridgehead atoms. The number of amides is 1. The summed E-state index contributed by atoms with van der Waals surface area (Å²) in [6.07, 6.45) is 0. The van der Waals surface area contributed by atoms with Crippen molar-refractivity contribution in [2.24, 2.45) is 0 Å². The Hall–Kier alpha value is -2.59. The molecule has 134 valence electrons. The van der Waals surface area contributed by atoms with Crippen LogP contribution in [0.5, 0.6) is 0 Å². The van der Waals surface area contributed by atoms with Gasteiger partial charge in [-0.05, 0) is 36.1 Å². The van der Waals surface area contributed by atoms with Gasteiger partial charge in [-0.3, -0.25) is 4.79 Å². The summed E-state index contributed by atoms with van der Waals surface area (Å²) in [7, 11) is 0. The summed E-state index contributed by atoms with van der Waals surface area (Å²) in [5.41, 5.74) is 4.07. The van der Waals surface area contributed by atoms with Crippen LogP contribution in [0.2, 0.25) is 5.15 Å². The molecule has 4 nitrogen and oxygen atoms in total. The van der Waals surface area contributed by atoms with E-state index in [1.165, 1.54) is 5.56 Å². The number of nitrogens with one attached hydrogen (secondary N) is 1. The van der Waals surface area contributed by atoms with Crippen LogP contribution in [0.25, 0.3) is 0 Å². The molecule has 1 aromatic heterocycles. The van der Waals surface area contributed by atoms with Crippen LogP contribution in [0.1, 0.15) is 46.9 Å². The maximum atomic E-state index is 12.7. The van der Waals surface area contributed by atoms with Gasteiger partial charge in [0.25, 0.3) is 5.91 Å². The second-order valence-corrected chi connectivity index (χ2v) is 6.98. The summed E-state index contributed by atoms with van der Waals surface area (Å²) in [4.78, 5) is 12.7. The first-order valence-electron chi connectivity index (χ1n) is 8.64. The predicted molar refractivity (Wildman–Crippen MR) is 106 cm³/mol. The number of nitrogens with zero attached hydrogens (tertiary/aromatic N) is 2. The Morgan fingerprint density at radius 1 is 1.12 bits per heavy atom. The van der Waals surface area contributed by atoms with Gasteiger partial charge in [0.1, 0.15) is 5.15 Å². The van der Waals surface area contributed by atoms with Gasteiger partial charge in [0.05, 0.1) is 17.8 Å². The minimum atomic E-state index is -0.246. The molecule has 0 saturated carbocycles. The molecule has 0 aliphatic rings. The van der Waals surface area contributed by atoms with E-state index in [1.807, 2.05) is 54.6 Å². The second kappa shape index (κ2) is 7.75. The molecule has 0 aliphatic heterocycles. The van der Waals surface area contributed by atoms with Gasteiger partial charge in [-0.1, -0.05) is 67.9 Å². The summed E-state index contributed by atoms with van der Waals surface area (Å²) in [6, 6.07) is 17.8. The third kappa shape index (κ3) is 3.97. The molecule has 5 heteroatoms. The highest BCUT2D eigenvalue weighted by Gasteiger charge is 2.20. The molecule has 1 amide bonds. The minimum Gasteiger partial charge on any atom is -0.322 e. The van der Waals surface area contributed by atoms with E-state index in [9.17, 15) is 4.79 Å². The molecular weight excluding hydrogens is 346 g/mol. The van der Waals surface area contributed by atoms with Crippen molar-refractivity contribution in [1.29, 1.82) is 0 Å². The fourth-order valence-electron chi connectivity index (χ4n) is 2.82. The first-order chi connectivity index (χ1) is 12.5. The summed E-state index contributed by atoms with van der Waals surface area (Å²) >= 11 is 6.45. The number of benzene rings is 2. The first-order valence-corrected chi connectivity index (χ1v) is 9.01. The maximum absolute atomic E-state index is 12.7. The fraction of sp³-hybridized carbons (Fsp3) is 0.238. The fourth-order valence-corrected chi connectivity index (χ4v) is 3.14. The van der Waals surface area contributed by atoms with E-state index in [0.29, 0.717) is 28.9 Å². The van der Waals surface area contributed by atoms with Crippen LogP contribution in [-0.4, -0.2) is 15.7 Å². The standard InChI is InChI=1S/C21H22ClN3O/c1-14(2)17-9-11-18(12-10-17)23-21(26)19-15(3)24-25(20(19)22)13-16-7-5-4-6-8-16/h4-12,14H,13H2,1-3H3,(H,23,26). The lowest BCUT2D eigenvalue weighted by molar-refractivity contribution is 0.102. The molecule has 1 N–H and O–H groups in total. The molecule has 0 atom stereocenters. The molecule has 3 aromatic rings. The van der Waals surface area contributed by atoms with Gasteiger partial charge in [0, 0.05) is 5.69 Å². The second-order valence-electron chi connectivity index (χ2n) is 6.63. The minimum absolute atomic E-state index is 0.246. The van der Waals surface area contributed by atoms with Gasteiger partial charge < -0.3 is 5.32 Å². The number of halogens is 1. The maximum Gasteiger partial charge on any atom is 0.260 e. The number of aromatic nitrogens is 2. The highest BCUT2D eigenvalue weighted by atomic mass is 35.5. The number of aryl methyl sites for hydroxylation is 1. The lowest BCUT2D eigenvalue weighted by Gasteiger charge is -2.08. The summed E-state index contributed by atoms with van der Waals surface area (Å²) in [5.74, 6) is 0.205. The van der Waals surface area contributed by atoms with Crippen molar-refractivity contribution in [3.05, 3.63) is 82.1 Å². The third-order valence-electron chi connectivity index (χ3n) is 4.30. The molecule has 0 saturated heterocycles. The molecule has 2 aromatic carbocycles. The SMILES string of the molecule is Cc1nn(Cc2ccccc2)c(Cl)c1C(=O)Nc1ccc(C(C)C)cc1. The molecule has 3 rings (SSSR count). The Labute approximate surface area is 158 Å². The molecule has 0 spiro atoms. The zero-order valence-corrected chi connectivity index (χ0v) is 15.9. The van der Waals surface area contributed by atoms with Crippen LogP contribution in [-0.2, 0) is 6.54 Å². The average Bonchev–Trinajstić information content (AvgIpc) is 2.90. The summed E-state index contributed by atoms with van der Waals surface area (Å²) < 4.78 is 1.66. The third-order valence-corrected chi connectivity index (χ3v) is 4.69. The number of rotatable bonds is 5. The topological polar surface area (TPSA) is 46.9 Å².